The van der Waals surface area contributed by atoms with Gasteiger partial charge in [0.25, 0.3) is 17.1 Å². The second kappa shape index (κ2) is 9.62. The third kappa shape index (κ3) is 4.20. The first-order valence-electron chi connectivity index (χ1n) is 11.2. The van der Waals surface area contributed by atoms with E-state index in [1.807, 2.05) is 18.2 Å². The molecule has 0 aliphatic carbocycles. The number of rotatable bonds is 8. The predicted molar refractivity (Wildman–Crippen MR) is 133 cm³/mol. The molecule has 0 bridgehead atoms. The molecule has 0 saturated carbocycles. The van der Waals surface area contributed by atoms with E-state index in [0.29, 0.717) is 52.1 Å². The topological polar surface area (TPSA) is 126 Å². The van der Waals surface area contributed by atoms with Gasteiger partial charge >= 0.3 is 0 Å². The molecule has 0 spiro atoms. The van der Waals surface area contributed by atoms with Gasteiger partial charge in [-0.2, -0.15) is 4.98 Å². The fourth-order valence-electron chi connectivity index (χ4n) is 4.08. The summed E-state index contributed by atoms with van der Waals surface area (Å²) in [6.07, 6.45) is 3.89. The van der Waals surface area contributed by atoms with E-state index in [-0.39, 0.29) is 23.7 Å². The number of nitrogens with zero attached hydrogens (tertiary/aromatic N) is 5. The van der Waals surface area contributed by atoms with Crippen LogP contribution in [0.25, 0.3) is 27.8 Å². The molecular weight excluding hydrogens is 464 g/mol. The lowest BCUT2D eigenvalue weighted by Gasteiger charge is -2.11. The monoisotopic (exact) mass is 488 g/mol. The van der Waals surface area contributed by atoms with Gasteiger partial charge in [-0.1, -0.05) is 6.07 Å². The van der Waals surface area contributed by atoms with Crippen LogP contribution in [0.3, 0.4) is 0 Å². The molecule has 0 saturated heterocycles. The van der Waals surface area contributed by atoms with Crippen molar-refractivity contribution in [3.63, 3.8) is 0 Å². The predicted octanol–water partition coefficient (Wildman–Crippen LogP) is 2.22. The van der Waals surface area contributed by atoms with E-state index in [1.165, 1.54) is 4.57 Å². The summed E-state index contributed by atoms with van der Waals surface area (Å²) in [5.74, 6) is 1.96. The summed E-state index contributed by atoms with van der Waals surface area (Å²) in [7, 11) is 4.71. The van der Waals surface area contributed by atoms with Crippen molar-refractivity contribution < 1.29 is 14.2 Å². The van der Waals surface area contributed by atoms with Crippen molar-refractivity contribution in [3.8, 4) is 17.4 Å². The molecule has 0 aliphatic heterocycles. The zero-order valence-corrected chi connectivity index (χ0v) is 20.0. The number of fused-ring (bicyclic) bond motifs is 2. The zero-order valence-electron chi connectivity index (χ0n) is 20.0. The van der Waals surface area contributed by atoms with Crippen LogP contribution in [0.1, 0.15) is 11.4 Å². The number of aromatic nitrogens is 6. The summed E-state index contributed by atoms with van der Waals surface area (Å²) in [4.78, 5) is 35.3. The molecule has 0 unspecified atom stereocenters. The Morgan fingerprint density at radius 3 is 2.36 bits per heavy atom. The fraction of sp³-hybridized carbons (Fsp3) is 0.240. The molecule has 5 aromatic rings. The SMILES string of the molecule is COCc1nc(-n2ccc3nc4ccn(CCc5ccc(OC)c(OC)c5)c(=O)c4cc3c2=O)n[nH]1. The summed E-state index contributed by atoms with van der Waals surface area (Å²) >= 11 is 0. The molecule has 0 amide bonds. The number of nitrogens with one attached hydrogen (secondary N) is 1. The third-order valence-electron chi connectivity index (χ3n) is 5.92. The highest BCUT2D eigenvalue weighted by atomic mass is 16.5. The molecule has 1 N–H and O–H groups in total. The van der Waals surface area contributed by atoms with Crippen LogP contribution in [0.15, 0.2) is 58.4 Å². The van der Waals surface area contributed by atoms with Crippen LogP contribution in [0.5, 0.6) is 11.5 Å². The van der Waals surface area contributed by atoms with Crippen molar-refractivity contribution in [3.05, 3.63) is 80.9 Å². The Kier molecular flexibility index (Phi) is 6.21. The normalized spacial score (nSPS) is 11.3. The number of hydrogen-bond donors (Lipinski definition) is 1. The van der Waals surface area contributed by atoms with E-state index in [2.05, 4.69) is 20.2 Å². The molecule has 36 heavy (non-hydrogen) atoms. The van der Waals surface area contributed by atoms with Crippen LogP contribution >= 0.6 is 0 Å². The number of pyridine rings is 3. The summed E-state index contributed by atoms with van der Waals surface area (Å²) in [6.45, 7) is 0.686. The van der Waals surface area contributed by atoms with Crippen LogP contribution in [0, 0.1) is 0 Å². The van der Waals surface area contributed by atoms with Crippen LogP contribution in [0.4, 0.5) is 0 Å². The minimum atomic E-state index is -0.370. The number of methoxy groups -OCH3 is 3. The molecule has 4 heterocycles. The van der Waals surface area contributed by atoms with Gasteiger partial charge in [-0.25, -0.2) is 9.55 Å². The minimum absolute atomic E-state index is 0.189. The Hall–Kier alpha value is -4.51. The van der Waals surface area contributed by atoms with Gasteiger partial charge in [-0.05, 0) is 42.3 Å². The van der Waals surface area contributed by atoms with Crippen molar-refractivity contribution in [1.29, 1.82) is 0 Å². The van der Waals surface area contributed by atoms with E-state index in [4.69, 9.17) is 14.2 Å². The Balaban J connectivity index is 1.50. The molecule has 1 aromatic carbocycles. The van der Waals surface area contributed by atoms with Crippen LogP contribution in [-0.2, 0) is 24.3 Å². The van der Waals surface area contributed by atoms with Gasteiger partial charge in [-0.15, -0.1) is 5.10 Å². The largest absolute Gasteiger partial charge is 0.493 e. The molecule has 0 aliphatic rings. The molecule has 11 nitrogen and oxygen atoms in total. The molecule has 4 aromatic heterocycles. The summed E-state index contributed by atoms with van der Waals surface area (Å²) in [5, 5.41) is 7.49. The molecule has 5 rings (SSSR count). The molecule has 0 radical (unpaired) electrons. The minimum Gasteiger partial charge on any atom is -0.493 e. The van der Waals surface area contributed by atoms with Crippen molar-refractivity contribution >= 4 is 21.8 Å². The summed E-state index contributed by atoms with van der Waals surface area (Å²) in [6, 6.07) is 10.7. The third-order valence-corrected chi connectivity index (χ3v) is 5.92. The van der Waals surface area contributed by atoms with Crippen LogP contribution in [0.2, 0.25) is 0 Å². The van der Waals surface area contributed by atoms with Crippen molar-refractivity contribution in [2.75, 3.05) is 21.3 Å². The Morgan fingerprint density at radius 2 is 1.61 bits per heavy atom. The van der Waals surface area contributed by atoms with Gasteiger partial charge in [0.1, 0.15) is 6.61 Å². The molecule has 0 atom stereocenters. The number of ether oxygens (including phenoxy) is 3. The fourth-order valence-corrected chi connectivity index (χ4v) is 4.08. The second-order valence-corrected chi connectivity index (χ2v) is 8.11. The average Bonchev–Trinajstić information content (AvgIpc) is 3.36. The van der Waals surface area contributed by atoms with E-state index >= 15 is 0 Å². The first-order chi connectivity index (χ1) is 17.5. The number of aryl methyl sites for hydroxylation is 2. The van der Waals surface area contributed by atoms with Crippen molar-refractivity contribution in [2.45, 2.75) is 19.6 Å². The first-order valence-corrected chi connectivity index (χ1v) is 11.2. The highest BCUT2D eigenvalue weighted by Crippen LogP contribution is 2.27. The lowest BCUT2D eigenvalue weighted by molar-refractivity contribution is 0.178. The van der Waals surface area contributed by atoms with E-state index in [1.54, 1.807) is 56.5 Å². The standard InChI is InChI=1S/C25H24N6O5/c1-34-14-22-27-25(29-28-22)31-11-8-19-17(24(31)33)13-16-18(26-19)7-10-30(23(16)32)9-6-15-4-5-20(35-2)21(12-15)36-3/h4-5,7-8,10-13H,6,9,14H2,1-3H3,(H,27,28,29). The van der Waals surface area contributed by atoms with Crippen LogP contribution < -0.4 is 20.6 Å². The molecular formula is C25H24N6O5. The van der Waals surface area contributed by atoms with E-state index < -0.39 is 0 Å². The summed E-state index contributed by atoms with van der Waals surface area (Å²) in [5.41, 5.74) is 1.41. The number of benzene rings is 1. The maximum atomic E-state index is 13.3. The summed E-state index contributed by atoms with van der Waals surface area (Å²) < 4.78 is 18.6. The van der Waals surface area contributed by atoms with Gasteiger partial charge < -0.3 is 18.8 Å². The molecule has 0 fully saturated rings. The first kappa shape index (κ1) is 23.2. The van der Waals surface area contributed by atoms with E-state index in [0.717, 1.165) is 5.56 Å². The highest BCUT2D eigenvalue weighted by Gasteiger charge is 2.13. The maximum absolute atomic E-state index is 13.3. The van der Waals surface area contributed by atoms with Gasteiger partial charge in [-0.3, -0.25) is 14.7 Å². The zero-order chi connectivity index (χ0) is 25.2. The Bertz CT molecular complexity index is 1690. The van der Waals surface area contributed by atoms with Crippen molar-refractivity contribution in [1.82, 2.24) is 29.3 Å². The van der Waals surface area contributed by atoms with E-state index in [9.17, 15) is 9.59 Å². The number of aromatic amines is 1. The smallest absolute Gasteiger partial charge is 0.267 e. The number of hydrogen-bond acceptors (Lipinski definition) is 8. The quantitative estimate of drug-likeness (QED) is 0.330. The van der Waals surface area contributed by atoms with Gasteiger partial charge in [0, 0.05) is 26.0 Å². The average molecular weight is 489 g/mol. The van der Waals surface area contributed by atoms with Gasteiger partial charge in [0.15, 0.2) is 17.3 Å². The molecule has 11 heteroatoms. The lowest BCUT2D eigenvalue weighted by Crippen LogP contribution is -2.22. The lowest BCUT2D eigenvalue weighted by atomic mass is 10.1. The van der Waals surface area contributed by atoms with Gasteiger partial charge in [0.05, 0.1) is 36.0 Å². The Morgan fingerprint density at radius 1 is 0.861 bits per heavy atom. The van der Waals surface area contributed by atoms with Crippen molar-refractivity contribution in [2.24, 2.45) is 0 Å². The second-order valence-electron chi connectivity index (χ2n) is 8.11. The Labute approximate surface area is 204 Å². The molecule has 184 valence electrons. The van der Waals surface area contributed by atoms with Gasteiger partial charge in [0.2, 0.25) is 0 Å². The highest BCUT2D eigenvalue weighted by molar-refractivity contribution is 5.91. The maximum Gasteiger partial charge on any atom is 0.267 e. The van der Waals surface area contributed by atoms with Crippen LogP contribution in [-0.4, -0.2) is 50.6 Å². The number of H-pyrrole nitrogens is 1.